The van der Waals surface area contributed by atoms with Crippen molar-refractivity contribution in [3.63, 3.8) is 0 Å². The Labute approximate surface area is 109 Å². The van der Waals surface area contributed by atoms with Crippen LogP contribution in [0.15, 0.2) is 36.3 Å². The van der Waals surface area contributed by atoms with Gasteiger partial charge in [-0.15, -0.1) is 0 Å². The Kier molecular flexibility index (Phi) is 3.39. The van der Waals surface area contributed by atoms with Gasteiger partial charge in [-0.2, -0.15) is 10.4 Å². The van der Waals surface area contributed by atoms with Gasteiger partial charge >= 0.3 is 5.97 Å². The second-order valence-electron chi connectivity index (χ2n) is 3.82. The largest absolute Gasteiger partial charge is 0.477 e. The third-order valence-corrected chi connectivity index (χ3v) is 2.46. The van der Waals surface area contributed by atoms with Crippen molar-refractivity contribution < 1.29 is 9.90 Å². The van der Waals surface area contributed by atoms with Crippen LogP contribution in [0.25, 0.3) is 17.3 Å². The van der Waals surface area contributed by atoms with Gasteiger partial charge in [0, 0.05) is 36.8 Å². The van der Waals surface area contributed by atoms with Crippen LogP contribution in [0.2, 0.25) is 0 Å². The minimum atomic E-state index is -1.26. The summed E-state index contributed by atoms with van der Waals surface area (Å²) in [5.74, 6) is -1.26. The maximum atomic E-state index is 10.9. The normalized spacial score (nSPS) is 11.1. The van der Waals surface area contributed by atoms with Crippen LogP contribution < -0.4 is 0 Å². The third kappa shape index (κ3) is 2.66. The zero-order chi connectivity index (χ0) is 13.8. The fourth-order valence-corrected chi connectivity index (χ4v) is 1.64. The summed E-state index contributed by atoms with van der Waals surface area (Å²) in [5.41, 5.74) is 1.67. The van der Waals surface area contributed by atoms with E-state index in [1.807, 2.05) is 0 Å². The van der Waals surface area contributed by atoms with Crippen molar-refractivity contribution in [1.82, 2.24) is 14.8 Å². The number of pyridine rings is 1. The van der Waals surface area contributed by atoms with Crippen LogP contribution in [-0.4, -0.2) is 25.8 Å². The molecule has 19 heavy (non-hydrogen) atoms. The highest BCUT2D eigenvalue weighted by Crippen LogP contribution is 2.23. The topological polar surface area (TPSA) is 91.8 Å². The van der Waals surface area contributed by atoms with Crippen LogP contribution >= 0.6 is 0 Å². The zero-order valence-corrected chi connectivity index (χ0v) is 10.1. The van der Waals surface area contributed by atoms with Crippen LogP contribution in [0.1, 0.15) is 5.56 Å². The molecule has 6 nitrogen and oxygen atoms in total. The number of aryl methyl sites for hydroxylation is 1. The maximum Gasteiger partial charge on any atom is 0.346 e. The third-order valence-electron chi connectivity index (χ3n) is 2.46. The van der Waals surface area contributed by atoms with Crippen molar-refractivity contribution in [2.24, 2.45) is 7.05 Å². The van der Waals surface area contributed by atoms with Gasteiger partial charge in [-0.25, -0.2) is 4.79 Å². The molecule has 2 heterocycles. The van der Waals surface area contributed by atoms with E-state index < -0.39 is 5.97 Å². The summed E-state index contributed by atoms with van der Waals surface area (Å²) in [7, 11) is 1.73. The summed E-state index contributed by atoms with van der Waals surface area (Å²) < 4.78 is 1.57. The van der Waals surface area contributed by atoms with Crippen molar-refractivity contribution in [1.29, 1.82) is 5.26 Å². The fourth-order valence-electron chi connectivity index (χ4n) is 1.64. The van der Waals surface area contributed by atoms with E-state index in [0.29, 0.717) is 11.3 Å². The van der Waals surface area contributed by atoms with E-state index >= 15 is 0 Å². The first-order valence-electron chi connectivity index (χ1n) is 5.41. The van der Waals surface area contributed by atoms with Crippen LogP contribution in [0, 0.1) is 11.3 Å². The Bertz CT molecular complexity index is 680. The summed E-state index contributed by atoms with van der Waals surface area (Å²) in [5, 5.41) is 21.9. The molecule has 0 fully saturated rings. The van der Waals surface area contributed by atoms with Crippen LogP contribution in [0.5, 0.6) is 0 Å². The van der Waals surface area contributed by atoms with Crippen molar-refractivity contribution >= 4 is 12.0 Å². The predicted octanol–water partition coefficient (Wildman–Crippen LogP) is 1.47. The van der Waals surface area contributed by atoms with Gasteiger partial charge in [0.05, 0.1) is 5.69 Å². The molecule has 0 aliphatic carbocycles. The molecule has 0 aliphatic rings. The lowest BCUT2D eigenvalue weighted by Gasteiger charge is -1.97. The monoisotopic (exact) mass is 254 g/mol. The summed E-state index contributed by atoms with van der Waals surface area (Å²) in [4.78, 5) is 14.8. The highest BCUT2D eigenvalue weighted by Gasteiger charge is 2.12. The van der Waals surface area contributed by atoms with Gasteiger partial charge in [0.1, 0.15) is 11.6 Å². The van der Waals surface area contributed by atoms with Crippen LogP contribution in [0.3, 0.4) is 0 Å². The number of nitrogens with zero attached hydrogens (tertiary/aromatic N) is 4. The van der Waals surface area contributed by atoms with Gasteiger partial charge in [0.2, 0.25) is 0 Å². The number of aromatic nitrogens is 3. The average molecular weight is 254 g/mol. The van der Waals surface area contributed by atoms with Crippen molar-refractivity contribution in [3.8, 4) is 17.3 Å². The Morgan fingerprint density at radius 3 is 2.74 bits per heavy atom. The van der Waals surface area contributed by atoms with E-state index in [2.05, 4.69) is 10.1 Å². The molecule has 0 amide bonds. The first-order chi connectivity index (χ1) is 9.11. The lowest BCUT2D eigenvalue weighted by Crippen LogP contribution is -1.97. The van der Waals surface area contributed by atoms with Gasteiger partial charge in [-0.3, -0.25) is 9.67 Å². The molecule has 0 aromatic carbocycles. The van der Waals surface area contributed by atoms with Gasteiger partial charge in [0.25, 0.3) is 0 Å². The quantitative estimate of drug-likeness (QED) is 0.661. The minimum absolute atomic E-state index is 0.330. The van der Waals surface area contributed by atoms with Crippen LogP contribution in [0.4, 0.5) is 0 Å². The molecule has 0 unspecified atom stereocenters. The SMILES string of the molecule is Cn1cc(/C=C(\C#N)C(=O)O)c(-c2ccncc2)n1. The van der Waals surface area contributed by atoms with Crippen molar-refractivity contribution in [3.05, 3.63) is 41.9 Å². The summed E-state index contributed by atoms with van der Waals surface area (Å²) >= 11 is 0. The molecule has 0 saturated carbocycles. The molecule has 0 atom stereocenters. The highest BCUT2D eigenvalue weighted by atomic mass is 16.4. The van der Waals surface area contributed by atoms with E-state index in [1.165, 1.54) is 6.08 Å². The van der Waals surface area contributed by atoms with Gasteiger partial charge < -0.3 is 5.11 Å². The van der Waals surface area contributed by atoms with E-state index in [1.54, 1.807) is 48.5 Å². The number of hydrogen-bond acceptors (Lipinski definition) is 4. The second kappa shape index (κ2) is 5.14. The van der Waals surface area contributed by atoms with Gasteiger partial charge in [0.15, 0.2) is 0 Å². The van der Waals surface area contributed by atoms with Crippen molar-refractivity contribution in [2.45, 2.75) is 0 Å². The van der Waals surface area contributed by atoms with Gasteiger partial charge in [-0.1, -0.05) is 0 Å². The zero-order valence-electron chi connectivity index (χ0n) is 10.1. The van der Waals surface area contributed by atoms with E-state index in [4.69, 9.17) is 10.4 Å². The molecular weight excluding hydrogens is 244 g/mol. The molecule has 0 aliphatic heterocycles. The maximum absolute atomic E-state index is 10.9. The minimum Gasteiger partial charge on any atom is -0.477 e. The average Bonchev–Trinajstić information content (AvgIpc) is 2.77. The first-order valence-corrected chi connectivity index (χ1v) is 5.41. The number of nitriles is 1. The second-order valence-corrected chi connectivity index (χ2v) is 3.82. The Morgan fingerprint density at radius 1 is 1.47 bits per heavy atom. The van der Waals surface area contributed by atoms with Crippen molar-refractivity contribution in [2.75, 3.05) is 0 Å². The molecule has 94 valence electrons. The smallest absolute Gasteiger partial charge is 0.346 e. The lowest BCUT2D eigenvalue weighted by molar-refractivity contribution is -0.132. The molecule has 2 aromatic heterocycles. The molecule has 6 heteroatoms. The fraction of sp³-hybridized carbons (Fsp3) is 0.0769. The molecule has 2 rings (SSSR count). The van der Waals surface area contributed by atoms with E-state index in [0.717, 1.165) is 5.56 Å². The lowest BCUT2D eigenvalue weighted by atomic mass is 10.1. The number of hydrogen-bond donors (Lipinski definition) is 1. The summed E-state index contributed by atoms with van der Waals surface area (Å²) in [6.45, 7) is 0. The molecule has 0 spiro atoms. The predicted molar refractivity (Wildman–Crippen MR) is 67.7 cm³/mol. The number of carbonyl (C=O) groups is 1. The Balaban J connectivity index is 2.55. The van der Waals surface area contributed by atoms with E-state index in [-0.39, 0.29) is 5.57 Å². The van der Waals surface area contributed by atoms with Crippen LogP contribution in [-0.2, 0) is 11.8 Å². The summed E-state index contributed by atoms with van der Waals surface area (Å²) in [6.07, 6.45) is 6.22. The van der Waals surface area contributed by atoms with E-state index in [9.17, 15) is 4.79 Å². The first kappa shape index (κ1) is 12.5. The summed E-state index contributed by atoms with van der Waals surface area (Å²) in [6, 6.07) is 5.19. The highest BCUT2D eigenvalue weighted by molar-refractivity contribution is 5.97. The number of rotatable bonds is 3. The molecule has 0 bridgehead atoms. The number of carboxylic acids is 1. The Hall–Kier alpha value is -2.94. The van der Waals surface area contributed by atoms with Gasteiger partial charge in [-0.05, 0) is 18.2 Å². The molecule has 0 saturated heterocycles. The number of carboxylic acid groups (broad SMARTS) is 1. The Morgan fingerprint density at radius 2 is 2.16 bits per heavy atom. The molecular formula is C13H10N4O2. The standard InChI is InChI=1S/C13H10N4O2/c1-17-8-11(6-10(7-14)13(18)19)12(16-17)9-2-4-15-5-3-9/h2-6,8H,1H3,(H,18,19)/b10-6+. The number of aliphatic carboxylic acids is 1. The molecule has 1 N–H and O–H groups in total. The molecule has 0 radical (unpaired) electrons. The molecule has 2 aromatic rings.